The molecule has 194 valence electrons. The summed E-state index contributed by atoms with van der Waals surface area (Å²) in [5.41, 5.74) is 1.34. The highest BCUT2D eigenvalue weighted by Crippen LogP contribution is 2.48. The van der Waals surface area contributed by atoms with Crippen molar-refractivity contribution in [2.75, 3.05) is 25.7 Å². The number of Topliss-reactive ketones (excluding diaryl/α,β-unsaturated/α-hetero) is 1. The number of para-hydroxylation sites is 1. The van der Waals surface area contributed by atoms with E-state index in [9.17, 15) is 14.7 Å². The summed E-state index contributed by atoms with van der Waals surface area (Å²) in [5, 5.41) is 12.1. The Kier molecular flexibility index (Phi) is 6.96. The van der Waals surface area contributed by atoms with Crippen LogP contribution < -0.4 is 19.1 Å². The number of hydrogen-bond donors (Lipinski definition) is 1. The Bertz CT molecular complexity index is 1580. The molecule has 1 amide bonds. The highest BCUT2D eigenvalue weighted by molar-refractivity contribution is 7.22. The van der Waals surface area contributed by atoms with Crippen LogP contribution in [0.2, 0.25) is 5.02 Å². The number of halogens is 1. The van der Waals surface area contributed by atoms with Crippen LogP contribution in [0.1, 0.15) is 24.1 Å². The van der Waals surface area contributed by atoms with Crippen molar-refractivity contribution in [2.24, 2.45) is 0 Å². The van der Waals surface area contributed by atoms with Crippen molar-refractivity contribution in [3.63, 3.8) is 0 Å². The lowest BCUT2D eigenvalue weighted by molar-refractivity contribution is -0.132. The lowest BCUT2D eigenvalue weighted by atomic mass is 9.94. The van der Waals surface area contributed by atoms with Crippen molar-refractivity contribution in [3.05, 3.63) is 82.4 Å². The van der Waals surface area contributed by atoms with E-state index in [0.29, 0.717) is 50.7 Å². The molecule has 1 fully saturated rings. The molecule has 1 unspecified atom stereocenters. The van der Waals surface area contributed by atoms with E-state index in [1.54, 1.807) is 54.6 Å². The normalized spacial score (nSPS) is 16.7. The van der Waals surface area contributed by atoms with E-state index in [1.165, 1.54) is 30.5 Å². The number of carbonyl (C=O) groups excluding carboxylic acids is 2. The van der Waals surface area contributed by atoms with Gasteiger partial charge in [0.25, 0.3) is 5.78 Å². The molecule has 38 heavy (non-hydrogen) atoms. The van der Waals surface area contributed by atoms with Crippen molar-refractivity contribution < 1.29 is 28.9 Å². The first kappa shape index (κ1) is 25.6. The molecule has 5 rings (SSSR count). The lowest BCUT2D eigenvalue weighted by Crippen LogP contribution is -2.29. The Morgan fingerprint density at radius 3 is 2.53 bits per heavy atom. The molecular weight excluding hydrogens is 528 g/mol. The Labute approximate surface area is 227 Å². The van der Waals surface area contributed by atoms with Crippen molar-refractivity contribution in [1.82, 2.24) is 4.98 Å². The molecule has 0 radical (unpaired) electrons. The maximum Gasteiger partial charge on any atom is 0.301 e. The van der Waals surface area contributed by atoms with Gasteiger partial charge in [0.15, 0.2) is 16.6 Å². The molecule has 0 aliphatic carbocycles. The Hall–Kier alpha value is -4.08. The second-order valence-corrected chi connectivity index (χ2v) is 9.76. The van der Waals surface area contributed by atoms with E-state index in [1.807, 2.05) is 13.0 Å². The molecule has 0 spiro atoms. The fourth-order valence-electron chi connectivity index (χ4n) is 4.47. The quantitative estimate of drug-likeness (QED) is 0.171. The summed E-state index contributed by atoms with van der Waals surface area (Å²) in [6.07, 6.45) is 0. The number of rotatable bonds is 7. The van der Waals surface area contributed by atoms with Gasteiger partial charge in [0.05, 0.1) is 36.6 Å². The molecule has 1 atom stereocenters. The van der Waals surface area contributed by atoms with Crippen LogP contribution in [-0.2, 0) is 9.59 Å². The maximum absolute atomic E-state index is 13.6. The van der Waals surface area contributed by atoms with Gasteiger partial charge in [-0.1, -0.05) is 35.1 Å². The van der Waals surface area contributed by atoms with E-state index in [2.05, 4.69) is 4.98 Å². The van der Waals surface area contributed by atoms with Gasteiger partial charge in [-0.2, -0.15) is 0 Å². The van der Waals surface area contributed by atoms with Crippen molar-refractivity contribution in [1.29, 1.82) is 0 Å². The minimum absolute atomic E-state index is 0.0989. The lowest BCUT2D eigenvalue weighted by Gasteiger charge is -2.25. The summed E-state index contributed by atoms with van der Waals surface area (Å²) in [4.78, 5) is 33.0. The summed E-state index contributed by atoms with van der Waals surface area (Å²) >= 11 is 7.27. The SMILES string of the molecule is CCOc1ccc2nc(N3C(=O)C(=O)C(=C(O)c4ccc(Cl)cc4)C3c3cccc(OC)c3OC)sc2c1. The average molecular weight is 551 g/mol. The summed E-state index contributed by atoms with van der Waals surface area (Å²) in [6, 6.07) is 15.9. The van der Waals surface area contributed by atoms with Crippen LogP contribution in [0.15, 0.2) is 66.2 Å². The van der Waals surface area contributed by atoms with Gasteiger partial charge < -0.3 is 19.3 Å². The number of aliphatic hydroxyl groups excluding tert-OH is 1. The van der Waals surface area contributed by atoms with Gasteiger partial charge in [0.2, 0.25) is 0 Å². The van der Waals surface area contributed by atoms with E-state index < -0.39 is 17.7 Å². The molecule has 1 aliphatic rings. The number of thiazole rings is 1. The number of aromatic nitrogens is 1. The molecule has 1 saturated heterocycles. The number of amides is 1. The fourth-order valence-corrected chi connectivity index (χ4v) is 5.61. The standard InChI is InChI=1S/C28H23ClN2O6S/c1-4-37-17-12-13-19-21(14-17)38-28(30-19)31-23(18-6-5-7-20(35-2)26(18)36-3)22(25(33)27(31)34)24(32)15-8-10-16(29)11-9-15/h5-14,23,32H,4H2,1-3H3. The number of aliphatic hydroxyl groups is 1. The third kappa shape index (κ3) is 4.33. The van der Waals surface area contributed by atoms with Gasteiger partial charge in [0, 0.05) is 16.1 Å². The number of hydrogen-bond acceptors (Lipinski definition) is 8. The predicted octanol–water partition coefficient (Wildman–Crippen LogP) is 5.99. The highest BCUT2D eigenvalue weighted by atomic mass is 35.5. The zero-order valence-electron chi connectivity index (χ0n) is 20.7. The molecule has 4 aromatic rings. The van der Waals surface area contributed by atoms with Crippen LogP contribution in [0, 0.1) is 0 Å². The van der Waals surface area contributed by atoms with Crippen LogP contribution in [0.3, 0.4) is 0 Å². The molecule has 0 bridgehead atoms. The Balaban J connectivity index is 1.75. The van der Waals surface area contributed by atoms with Gasteiger partial charge in [-0.15, -0.1) is 0 Å². The fraction of sp³-hybridized carbons (Fsp3) is 0.179. The number of anilines is 1. The van der Waals surface area contributed by atoms with E-state index in [-0.39, 0.29) is 11.3 Å². The van der Waals surface area contributed by atoms with Gasteiger partial charge in [0.1, 0.15) is 17.6 Å². The second kappa shape index (κ2) is 10.4. The second-order valence-electron chi connectivity index (χ2n) is 8.32. The van der Waals surface area contributed by atoms with Crippen LogP contribution >= 0.6 is 22.9 Å². The van der Waals surface area contributed by atoms with Gasteiger partial charge in [-0.3, -0.25) is 14.5 Å². The minimum Gasteiger partial charge on any atom is -0.507 e. The molecule has 1 N–H and O–H groups in total. The van der Waals surface area contributed by atoms with E-state index >= 15 is 0 Å². The first-order chi connectivity index (χ1) is 18.4. The first-order valence-electron chi connectivity index (χ1n) is 11.7. The number of methoxy groups -OCH3 is 2. The third-order valence-corrected chi connectivity index (χ3v) is 7.43. The predicted molar refractivity (Wildman–Crippen MR) is 147 cm³/mol. The van der Waals surface area contributed by atoms with Crippen LogP contribution in [0.25, 0.3) is 16.0 Å². The molecule has 2 heterocycles. The van der Waals surface area contributed by atoms with Crippen LogP contribution in [0.5, 0.6) is 17.2 Å². The molecule has 10 heteroatoms. The van der Waals surface area contributed by atoms with E-state index in [4.69, 9.17) is 25.8 Å². The van der Waals surface area contributed by atoms with Crippen molar-refractivity contribution in [3.8, 4) is 17.2 Å². The number of carbonyl (C=O) groups is 2. The van der Waals surface area contributed by atoms with Gasteiger partial charge >= 0.3 is 5.91 Å². The zero-order valence-corrected chi connectivity index (χ0v) is 22.3. The third-order valence-electron chi connectivity index (χ3n) is 6.16. The van der Waals surface area contributed by atoms with Gasteiger partial charge in [-0.05, 0) is 55.5 Å². The molecule has 3 aromatic carbocycles. The smallest absolute Gasteiger partial charge is 0.301 e. The topological polar surface area (TPSA) is 98.2 Å². The molecule has 8 nitrogen and oxygen atoms in total. The monoisotopic (exact) mass is 550 g/mol. The highest BCUT2D eigenvalue weighted by Gasteiger charge is 2.49. The molecular formula is C28H23ClN2O6S. The maximum atomic E-state index is 13.6. The Morgan fingerprint density at radius 2 is 1.84 bits per heavy atom. The largest absolute Gasteiger partial charge is 0.507 e. The number of nitrogens with zero attached hydrogens (tertiary/aromatic N) is 2. The molecule has 1 aromatic heterocycles. The molecule has 1 aliphatic heterocycles. The first-order valence-corrected chi connectivity index (χ1v) is 12.9. The number of ketones is 1. The number of fused-ring (bicyclic) bond motifs is 1. The average Bonchev–Trinajstić information content (AvgIpc) is 3.45. The summed E-state index contributed by atoms with van der Waals surface area (Å²) in [6.45, 7) is 2.40. The summed E-state index contributed by atoms with van der Waals surface area (Å²) < 4.78 is 17.5. The zero-order chi connectivity index (χ0) is 27.0. The molecule has 0 saturated carbocycles. The van der Waals surface area contributed by atoms with Crippen molar-refractivity contribution >= 4 is 55.7 Å². The number of benzene rings is 3. The summed E-state index contributed by atoms with van der Waals surface area (Å²) in [7, 11) is 2.97. The van der Waals surface area contributed by atoms with E-state index in [0.717, 1.165) is 4.70 Å². The van der Waals surface area contributed by atoms with Gasteiger partial charge in [-0.25, -0.2) is 4.98 Å². The van der Waals surface area contributed by atoms with Crippen molar-refractivity contribution in [2.45, 2.75) is 13.0 Å². The van der Waals surface area contributed by atoms with Crippen LogP contribution in [0.4, 0.5) is 5.13 Å². The Morgan fingerprint density at radius 1 is 1.08 bits per heavy atom. The van der Waals surface area contributed by atoms with Crippen LogP contribution in [-0.4, -0.2) is 42.6 Å². The minimum atomic E-state index is -1.04. The number of ether oxygens (including phenoxy) is 3. The summed E-state index contributed by atoms with van der Waals surface area (Å²) in [5.74, 6) is -0.592.